The average molecular weight is 281 g/mol. The average Bonchev–Trinajstić information content (AvgIpc) is 2.79. The van der Waals surface area contributed by atoms with Crippen LogP contribution in [-0.2, 0) is 4.74 Å². The Labute approximate surface area is 121 Å². The molecule has 0 bridgehead atoms. The van der Waals surface area contributed by atoms with Crippen molar-refractivity contribution in [3.63, 3.8) is 0 Å². The molecule has 2 rings (SSSR count). The normalized spacial score (nSPS) is 23.2. The van der Waals surface area contributed by atoms with E-state index in [-0.39, 0.29) is 5.60 Å². The number of aryl methyl sites for hydroxylation is 1. The van der Waals surface area contributed by atoms with E-state index < -0.39 is 0 Å². The van der Waals surface area contributed by atoms with E-state index in [1.165, 1.54) is 23.3 Å². The van der Waals surface area contributed by atoms with E-state index in [9.17, 15) is 0 Å². The minimum atomic E-state index is -0.0439. The molecule has 0 saturated heterocycles. The number of hydrogen-bond acceptors (Lipinski definition) is 3. The van der Waals surface area contributed by atoms with Crippen LogP contribution in [0.2, 0.25) is 0 Å². The highest BCUT2D eigenvalue weighted by Gasteiger charge is 2.44. The Morgan fingerprint density at radius 1 is 1.26 bits per heavy atom. The SMILES string of the molecule is CNC(c1csc(C)c1)C1(OC)CCC(C)(C)CC1. The van der Waals surface area contributed by atoms with Gasteiger partial charge >= 0.3 is 0 Å². The van der Waals surface area contributed by atoms with Gasteiger partial charge in [-0.15, -0.1) is 11.3 Å². The zero-order valence-electron chi connectivity index (χ0n) is 12.9. The topological polar surface area (TPSA) is 21.3 Å². The van der Waals surface area contributed by atoms with Crippen LogP contribution in [0, 0.1) is 12.3 Å². The standard InChI is InChI=1S/C16H27NOS/c1-12-10-13(11-19-12)14(17-4)16(18-5)8-6-15(2,3)7-9-16/h10-11,14,17H,6-9H2,1-5H3. The molecular weight excluding hydrogens is 254 g/mol. The van der Waals surface area contributed by atoms with Gasteiger partial charge in [-0.05, 0) is 62.1 Å². The second-order valence-electron chi connectivity index (χ2n) is 6.65. The molecule has 1 N–H and O–H groups in total. The van der Waals surface area contributed by atoms with Crippen molar-refractivity contribution in [3.05, 3.63) is 21.9 Å². The minimum Gasteiger partial charge on any atom is -0.376 e. The fourth-order valence-corrected chi connectivity index (χ4v) is 4.04. The van der Waals surface area contributed by atoms with Crippen molar-refractivity contribution in [1.82, 2.24) is 5.32 Å². The summed E-state index contributed by atoms with van der Waals surface area (Å²) in [7, 11) is 3.93. The lowest BCUT2D eigenvalue weighted by molar-refractivity contribution is -0.0861. The predicted octanol–water partition coefficient (Wildman–Crippen LogP) is 4.30. The first-order valence-corrected chi connectivity index (χ1v) is 8.08. The number of methoxy groups -OCH3 is 1. The second kappa shape index (κ2) is 5.55. The summed E-state index contributed by atoms with van der Waals surface area (Å²) in [6.07, 6.45) is 4.75. The lowest BCUT2D eigenvalue weighted by Crippen LogP contribution is -2.48. The van der Waals surface area contributed by atoms with E-state index in [1.54, 1.807) is 0 Å². The van der Waals surface area contributed by atoms with Crippen LogP contribution in [0.3, 0.4) is 0 Å². The van der Waals surface area contributed by atoms with Crippen LogP contribution in [-0.4, -0.2) is 19.8 Å². The first-order chi connectivity index (χ1) is 8.92. The van der Waals surface area contributed by atoms with Gasteiger partial charge in [0.15, 0.2) is 0 Å². The zero-order chi connectivity index (χ0) is 14.1. The lowest BCUT2D eigenvalue weighted by Gasteiger charge is -2.47. The van der Waals surface area contributed by atoms with Gasteiger partial charge in [0.2, 0.25) is 0 Å². The minimum absolute atomic E-state index is 0.0439. The van der Waals surface area contributed by atoms with Gasteiger partial charge in [-0.25, -0.2) is 0 Å². The van der Waals surface area contributed by atoms with Crippen LogP contribution >= 0.6 is 11.3 Å². The summed E-state index contributed by atoms with van der Waals surface area (Å²) in [5.74, 6) is 0. The van der Waals surface area contributed by atoms with E-state index in [4.69, 9.17) is 4.74 Å². The monoisotopic (exact) mass is 281 g/mol. The van der Waals surface area contributed by atoms with Gasteiger partial charge in [-0.1, -0.05) is 13.8 Å². The fourth-order valence-electron chi connectivity index (χ4n) is 3.31. The first-order valence-electron chi connectivity index (χ1n) is 7.20. The summed E-state index contributed by atoms with van der Waals surface area (Å²) in [5.41, 5.74) is 1.80. The third-order valence-corrected chi connectivity index (χ3v) is 5.64. The first kappa shape index (κ1) is 15.0. The molecule has 1 aromatic heterocycles. The van der Waals surface area contributed by atoms with Gasteiger partial charge in [-0.3, -0.25) is 0 Å². The van der Waals surface area contributed by atoms with Crippen LogP contribution < -0.4 is 5.32 Å². The number of nitrogens with one attached hydrogen (secondary N) is 1. The van der Waals surface area contributed by atoms with E-state index in [1.807, 2.05) is 18.4 Å². The molecule has 0 amide bonds. The molecule has 1 saturated carbocycles. The molecule has 19 heavy (non-hydrogen) atoms. The zero-order valence-corrected chi connectivity index (χ0v) is 13.7. The molecule has 108 valence electrons. The molecule has 0 aromatic carbocycles. The van der Waals surface area contributed by atoms with Crippen molar-refractivity contribution in [2.45, 2.75) is 58.1 Å². The van der Waals surface area contributed by atoms with Crippen LogP contribution in [0.25, 0.3) is 0 Å². The molecule has 2 nitrogen and oxygen atoms in total. The van der Waals surface area contributed by atoms with Crippen molar-refractivity contribution >= 4 is 11.3 Å². The molecule has 0 aliphatic heterocycles. The molecule has 0 spiro atoms. The smallest absolute Gasteiger partial charge is 0.0873 e. The molecule has 1 unspecified atom stereocenters. The van der Waals surface area contributed by atoms with Crippen molar-refractivity contribution in [2.75, 3.05) is 14.2 Å². The van der Waals surface area contributed by atoms with E-state index in [0.29, 0.717) is 11.5 Å². The van der Waals surface area contributed by atoms with Gasteiger partial charge < -0.3 is 10.1 Å². The summed E-state index contributed by atoms with van der Waals surface area (Å²) in [5, 5.41) is 5.78. The Hall–Kier alpha value is -0.380. The predicted molar refractivity (Wildman–Crippen MR) is 82.8 cm³/mol. The highest BCUT2D eigenvalue weighted by molar-refractivity contribution is 7.10. The van der Waals surface area contributed by atoms with Crippen molar-refractivity contribution < 1.29 is 4.74 Å². The Balaban J connectivity index is 2.24. The summed E-state index contributed by atoms with van der Waals surface area (Å²) in [4.78, 5) is 1.37. The van der Waals surface area contributed by atoms with Gasteiger partial charge in [0, 0.05) is 12.0 Å². The Kier molecular flexibility index (Phi) is 4.38. The number of likely N-dealkylation sites (N-methyl/N-ethyl adjacent to an activating group) is 1. The number of hydrogen-bond donors (Lipinski definition) is 1. The summed E-state index contributed by atoms with van der Waals surface area (Å²) < 4.78 is 6.03. The van der Waals surface area contributed by atoms with Gasteiger partial charge in [0.1, 0.15) is 0 Å². The van der Waals surface area contributed by atoms with E-state index in [0.717, 1.165) is 12.8 Å². The van der Waals surface area contributed by atoms with Crippen LogP contribution in [0.15, 0.2) is 11.4 Å². The van der Waals surface area contributed by atoms with Crippen molar-refractivity contribution in [2.24, 2.45) is 5.41 Å². The quantitative estimate of drug-likeness (QED) is 0.888. The van der Waals surface area contributed by atoms with Crippen LogP contribution in [0.5, 0.6) is 0 Å². The summed E-state index contributed by atoms with van der Waals surface area (Å²) >= 11 is 1.83. The van der Waals surface area contributed by atoms with Crippen molar-refractivity contribution in [3.8, 4) is 0 Å². The molecule has 1 aliphatic carbocycles. The molecule has 1 aliphatic rings. The largest absolute Gasteiger partial charge is 0.376 e. The summed E-state index contributed by atoms with van der Waals surface area (Å²) in [6.45, 7) is 6.91. The third kappa shape index (κ3) is 3.04. The Morgan fingerprint density at radius 2 is 1.89 bits per heavy atom. The van der Waals surface area contributed by atoms with Gasteiger partial charge in [-0.2, -0.15) is 0 Å². The maximum Gasteiger partial charge on any atom is 0.0873 e. The number of rotatable bonds is 4. The van der Waals surface area contributed by atoms with Gasteiger partial charge in [0.05, 0.1) is 11.6 Å². The molecule has 1 fully saturated rings. The highest BCUT2D eigenvalue weighted by atomic mass is 32.1. The Bertz CT molecular complexity index is 414. The maximum atomic E-state index is 6.03. The number of ether oxygens (including phenoxy) is 1. The second-order valence-corrected chi connectivity index (χ2v) is 7.76. The molecule has 1 aromatic rings. The molecule has 1 heterocycles. The maximum absolute atomic E-state index is 6.03. The van der Waals surface area contributed by atoms with Crippen LogP contribution in [0.1, 0.15) is 56.0 Å². The fraction of sp³-hybridized carbons (Fsp3) is 0.750. The van der Waals surface area contributed by atoms with Gasteiger partial charge in [0.25, 0.3) is 0 Å². The number of thiophene rings is 1. The highest BCUT2D eigenvalue weighted by Crippen LogP contribution is 2.47. The molecule has 0 radical (unpaired) electrons. The molecular formula is C16H27NOS. The van der Waals surface area contributed by atoms with E-state index >= 15 is 0 Å². The third-order valence-electron chi connectivity index (χ3n) is 4.76. The Morgan fingerprint density at radius 3 is 2.32 bits per heavy atom. The molecule has 3 heteroatoms. The van der Waals surface area contributed by atoms with Crippen LogP contribution in [0.4, 0.5) is 0 Å². The lowest BCUT2D eigenvalue weighted by atomic mass is 9.67. The summed E-state index contributed by atoms with van der Waals surface area (Å²) in [6, 6.07) is 2.60. The van der Waals surface area contributed by atoms with E-state index in [2.05, 4.69) is 44.6 Å². The van der Waals surface area contributed by atoms with Crippen molar-refractivity contribution in [1.29, 1.82) is 0 Å². The molecule has 1 atom stereocenters.